The Balaban J connectivity index is 1.69. The second-order valence-corrected chi connectivity index (χ2v) is 5.65. The Labute approximate surface area is 119 Å². The molecule has 4 heteroatoms. The average Bonchev–Trinajstić information content (AvgIpc) is 2.85. The average molecular weight is 271 g/mol. The Morgan fingerprint density at radius 1 is 1.30 bits per heavy atom. The zero-order valence-corrected chi connectivity index (χ0v) is 12.1. The van der Waals surface area contributed by atoms with Crippen LogP contribution in [-0.4, -0.2) is 32.6 Å². The first kappa shape index (κ1) is 13.3. The van der Waals surface area contributed by atoms with Crippen molar-refractivity contribution in [2.45, 2.75) is 33.0 Å². The van der Waals surface area contributed by atoms with E-state index >= 15 is 0 Å². The number of hydrogen-bond donors (Lipinski definition) is 1. The third-order valence-corrected chi connectivity index (χ3v) is 4.04. The van der Waals surface area contributed by atoms with Crippen LogP contribution in [0.2, 0.25) is 0 Å². The van der Waals surface area contributed by atoms with E-state index in [2.05, 4.69) is 40.4 Å². The number of imidazole rings is 1. The van der Waals surface area contributed by atoms with Crippen LogP contribution < -0.4 is 0 Å². The van der Waals surface area contributed by atoms with E-state index in [9.17, 15) is 5.11 Å². The van der Waals surface area contributed by atoms with Crippen molar-refractivity contribution in [1.29, 1.82) is 0 Å². The van der Waals surface area contributed by atoms with E-state index in [1.54, 1.807) is 0 Å². The topological polar surface area (TPSA) is 41.3 Å². The zero-order valence-electron chi connectivity index (χ0n) is 12.1. The molecule has 0 spiro atoms. The summed E-state index contributed by atoms with van der Waals surface area (Å²) in [5.74, 6) is 1.09. The molecule has 2 heterocycles. The number of benzene rings is 1. The van der Waals surface area contributed by atoms with Gasteiger partial charge in [-0.25, -0.2) is 4.98 Å². The molecule has 0 bridgehead atoms. The molecule has 0 radical (unpaired) electrons. The van der Waals surface area contributed by atoms with Crippen LogP contribution in [0.1, 0.15) is 28.6 Å². The molecule has 4 nitrogen and oxygen atoms in total. The number of aromatic nitrogens is 2. The van der Waals surface area contributed by atoms with Gasteiger partial charge < -0.3 is 9.67 Å². The molecule has 106 valence electrons. The Kier molecular flexibility index (Phi) is 3.59. The van der Waals surface area contributed by atoms with Gasteiger partial charge in [0.1, 0.15) is 5.82 Å². The normalized spacial score (nSPS) is 16.9. The number of aryl methyl sites for hydroxylation is 2. The SMILES string of the molecule is Cc1ccc(C(O)CN2CCn3ccnc3C2)c(C)c1. The molecule has 0 amide bonds. The molecular formula is C16H21N3O. The summed E-state index contributed by atoms with van der Waals surface area (Å²) in [5.41, 5.74) is 3.43. The van der Waals surface area contributed by atoms with Gasteiger partial charge in [-0.2, -0.15) is 0 Å². The molecule has 1 aliphatic rings. The second-order valence-electron chi connectivity index (χ2n) is 5.65. The predicted octanol–water partition coefficient (Wildman–Crippen LogP) is 2.05. The van der Waals surface area contributed by atoms with Gasteiger partial charge in [-0.1, -0.05) is 23.8 Å². The van der Waals surface area contributed by atoms with Gasteiger partial charge in [-0.05, 0) is 25.0 Å². The molecular weight excluding hydrogens is 250 g/mol. The van der Waals surface area contributed by atoms with Crippen LogP contribution in [0.5, 0.6) is 0 Å². The van der Waals surface area contributed by atoms with Crippen molar-refractivity contribution in [3.8, 4) is 0 Å². The molecule has 1 aliphatic heterocycles. The molecule has 0 aliphatic carbocycles. The predicted molar refractivity (Wildman–Crippen MR) is 78.4 cm³/mol. The highest BCUT2D eigenvalue weighted by Gasteiger charge is 2.20. The standard InChI is InChI=1S/C16H21N3O/c1-12-3-4-14(13(2)9-12)15(20)10-18-7-8-19-6-5-17-16(19)11-18/h3-6,9,15,20H,7-8,10-11H2,1-2H3. The van der Waals surface area contributed by atoms with Gasteiger partial charge in [0.25, 0.3) is 0 Å². The molecule has 1 atom stereocenters. The summed E-state index contributed by atoms with van der Waals surface area (Å²) in [7, 11) is 0. The summed E-state index contributed by atoms with van der Waals surface area (Å²) in [6, 6.07) is 6.23. The van der Waals surface area contributed by atoms with Crippen molar-refractivity contribution < 1.29 is 5.11 Å². The molecule has 0 saturated heterocycles. The fourth-order valence-corrected chi connectivity index (χ4v) is 2.92. The van der Waals surface area contributed by atoms with Crippen molar-refractivity contribution in [3.63, 3.8) is 0 Å². The maximum absolute atomic E-state index is 10.5. The molecule has 1 aromatic carbocycles. The molecule has 3 rings (SSSR count). The van der Waals surface area contributed by atoms with Crippen molar-refractivity contribution >= 4 is 0 Å². The summed E-state index contributed by atoms with van der Waals surface area (Å²) in [4.78, 5) is 6.63. The lowest BCUT2D eigenvalue weighted by Crippen LogP contribution is -2.36. The van der Waals surface area contributed by atoms with Gasteiger partial charge in [0.15, 0.2) is 0 Å². The van der Waals surface area contributed by atoms with Crippen molar-refractivity contribution in [2.75, 3.05) is 13.1 Å². The summed E-state index contributed by atoms with van der Waals surface area (Å²) in [6.45, 7) is 7.54. The van der Waals surface area contributed by atoms with E-state index in [4.69, 9.17) is 0 Å². The number of aliphatic hydroxyl groups excluding tert-OH is 1. The van der Waals surface area contributed by atoms with Gasteiger partial charge in [-0.15, -0.1) is 0 Å². The van der Waals surface area contributed by atoms with Crippen molar-refractivity contribution in [2.24, 2.45) is 0 Å². The van der Waals surface area contributed by atoms with Gasteiger partial charge >= 0.3 is 0 Å². The molecule has 0 saturated carbocycles. The van der Waals surface area contributed by atoms with E-state index in [0.29, 0.717) is 6.54 Å². The first-order chi connectivity index (χ1) is 9.63. The minimum atomic E-state index is -0.433. The number of β-amino-alcohol motifs (C(OH)–C–C–N with tert-alkyl or cyclic N) is 1. The van der Waals surface area contributed by atoms with E-state index in [1.165, 1.54) is 5.56 Å². The van der Waals surface area contributed by atoms with Crippen LogP contribution in [0.3, 0.4) is 0 Å². The largest absolute Gasteiger partial charge is 0.387 e. The van der Waals surface area contributed by atoms with Gasteiger partial charge in [0.2, 0.25) is 0 Å². The number of nitrogens with zero attached hydrogens (tertiary/aromatic N) is 3. The minimum absolute atomic E-state index is 0.433. The number of fused-ring (bicyclic) bond motifs is 1. The van der Waals surface area contributed by atoms with E-state index < -0.39 is 6.10 Å². The first-order valence-electron chi connectivity index (χ1n) is 7.11. The highest BCUT2D eigenvalue weighted by atomic mass is 16.3. The second kappa shape index (κ2) is 5.38. The Morgan fingerprint density at radius 3 is 2.95 bits per heavy atom. The molecule has 1 N–H and O–H groups in total. The van der Waals surface area contributed by atoms with Gasteiger partial charge in [0, 0.05) is 32.0 Å². The molecule has 0 fully saturated rings. The maximum Gasteiger partial charge on any atom is 0.122 e. The van der Waals surface area contributed by atoms with Gasteiger partial charge in [-0.3, -0.25) is 4.90 Å². The Morgan fingerprint density at radius 2 is 2.15 bits per heavy atom. The van der Waals surface area contributed by atoms with Crippen molar-refractivity contribution in [3.05, 3.63) is 53.1 Å². The fraction of sp³-hybridized carbons (Fsp3) is 0.438. The maximum atomic E-state index is 10.5. The summed E-state index contributed by atoms with van der Waals surface area (Å²) in [6.07, 6.45) is 3.43. The van der Waals surface area contributed by atoms with Crippen LogP contribution in [-0.2, 0) is 13.1 Å². The number of rotatable bonds is 3. The number of aliphatic hydroxyl groups is 1. The summed E-state index contributed by atoms with van der Waals surface area (Å²) < 4.78 is 2.18. The van der Waals surface area contributed by atoms with Crippen LogP contribution >= 0.6 is 0 Å². The summed E-state index contributed by atoms with van der Waals surface area (Å²) >= 11 is 0. The van der Waals surface area contributed by atoms with E-state index in [1.807, 2.05) is 18.5 Å². The van der Waals surface area contributed by atoms with Crippen LogP contribution in [0.25, 0.3) is 0 Å². The van der Waals surface area contributed by atoms with Crippen molar-refractivity contribution in [1.82, 2.24) is 14.5 Å². The molecule has 1 unspecified atom stereocenters. The van der Waals surface area contributed by atoms with E-state index in [0.717, 1.165) is 36.6 Å². The lowest BCUT2D eigenvalue weighted by molar-refractivity contribution is 0.0958. The fourth-order valence-electron chi connectivity index (χ4n) is 2.92. The lowest BCUT2D eigenvalue weighted by atomic mass is 10.0. The highest BCUT2D eigenvalue weighted by molar-refractivity contribution is 5.32. The zero-order chi connectivity index (χ0) is 14.1. The lowest BCUT2D eigenvalue weighted by Gasteiger charge is -2.29. The Hall–Kier alpha value is -1.65. The third kappa shape index (κ3) is 2.62. The first-order valence-corrected chi connectivity index (χ1v) is 7.11. The number of hydrogen-bond acceptors (Lipinski definition) is 3. The molecule has 20 heavy (non-hydrogen) atoms. The van der Waals surface area contributed by atoms with Crippen LogP contribution in [0.4, 0.5) is 0 Å². The quantitative estimate of drug-likeness (QED) is 0.929. The molecule has 2 aromatic rings. The van der Waals surface area contributed by atoms with Crippen LogP contribution in [0, 0.1) is 13.8 Å². The van der Waals surface area contributed by atoms with Gasteiger partial charge in [0.05, 0.1) is 12.6 Å². The summed E-state index contributed by atoms with van der Waals surface area (Å²) in [5, 5.41) is 10.5. The smallest absolute Gasteiger partial charge is 0.122 e. The Bertz CT molecular complexity index is 606. The highest BCUT2D eigenvalue weighted by Crippen LogP contribution is 2.21. The molecule has 1 aromatic heterocycles. The minimum Gasteiger partial charge on any atom is -0.387 e. The van der Waals surface area contributed by atoms with Crippen LogP contribution in [0.15, 0.2) is 30.6 Å². The third-order valence-electron chi connectivity index (χ3n) is 4.04. The van der Waals surface area contributed by atoms with E-state index in [-0.39, 0.29) is 0 Å². The monoisotopic (exact) mass is 271 g/mol.